The Kier molecular flexibility index (Phi) is 4.09. The standard InChI is InChI=1S/C14H14N2O2S/c1-9-5-11(8-19-9)14(18)16-12-4-2-3-10(6-12)13(17)7-15/h2-6,8H,7,15H2,1H3,(H,16,18). The first-order chi connectivity index (χ1) is 9.10. The normalized spacial score (nSPS) is 10.2. The molecule has 3 N–H and O–H groups in total. The van der Waals surface area contributed by atoms with Crippen molar-refractivity contribution in [1.82, 2.24) is 0 Å². The molecular weight excluding hydrogens is 260 g/mol. The van der Waals surface area contributed by atoms with Crippen molar-refractivity contribution in [2.24, 2.45) is 5.73 Å². The molecule has 0 aliphatic heterocycles. The van der Waals surface area contributed by atoms with E-state index in [4.69, 9.17) is 5.73 Å². The van der Waals surface area contributed by atoms with Crippen LogP contribution in [0.2, 0.25) is 0 Å². The van der Waals surface area contributed by atoms with Crippen molar-refractivity contribution in [2.75, 3.05) is 11.9 Å². The number of thiophene rings is 1. The van der Waals surface area contributed by atoms with Crippen molar-refractivity contribution in [3.63, 3.8) is 0 Å². The number of nitrogens with one attached hydrogen (secondary N) is 1. The zero-order valence-corrected chi connectivity index (χ0v) is 11.3. The maximum absolute atomic E-state index is 12.0. The molecular formula is C14H14N2O2S. The molecule has 1 amide bonds. The Morgan fingerprint density at radius 3 is 2.68 bits per heavy atom. The first kappa shape index (κ1) is 13.5. The number of carbonyl (C=O) groups is 2. The van der Waals surface area contributed by atoms with Gasteiger partial charge in [0, 0.05) is 21.5 Å². The molecule has 0 unspecified atom stereocenters. The molecule has 0 saturated carbocycles. The van der Waals surface area contributed by atoms with Crippen molar-refractivity contribution in [3.8, 4) is 0 Å². The van der Waals surface area contributed by atoms with Crippen molar-refractivity contribution >= 4 is 28.7 Å². The number of aryl methyl sites for hydroxylation is 1. The Labute approximate surface area is 115 Å². The summed E-state index contributed by atoms with van der Waals surface area (Å²) in [5.41, 5.74) is 7.03. The molecule has 4 nitrogen and oxygen atoms in total. The number of amides is 1. The number of hydrogen-bond acceptors (Lipinski definition) is 4. The second-order valence-corrected chi connectivity index (χ2v) is 5.22. The Hall–Kier alpha value is -1.98. The van der Waals surface area contributed by atoms with Crippen LogP contribution in [0.5, 0.6) is 0 Å². The third-order valence-electron chi connectivity index (χ3n) is 2.62. The van der Waals surface area contributed by atoms with E-state index in [1.54, 1.807) is 29.6 Å². The molecule has 0 fully saturated rings. The fraction of sp³-hybridized carbons (Fsp3) is 0.143. The Morgan fingerprint density at radius 2 is 2.05 bits per heavy atom. The summed E-state index contributed by atoms with van der Waals surface area (Å²) in [5.74, 6) is -0.329. The molecule has 2 rings (SSSR count). The second kappa shape index (κ2) is 5.77. The topological polar surface area (TPSA) is 72.2 Å². The zero-order valence-electron chi connectivity index (χ0n) is 10.5. The predicted octanol–water partition coefficient (Wildman–Crippen LogP) is 2.45. The minimum atomic E-state index is -0.179. The van der Waals surface area contributed by atoms with Gasteiger partial charge in [0.2, 0.25) is 0 Å². The highest BCUT2D eigenvalue weighted by atomic mass is 32.1. The van der Waals surface area contributed by atoms with Crippen LogP contribution in [0.15, 0.2) is 35.7 Å². The van der Waals surface area contributed by atoms with Crippen LogP contribution in [-0.4, -0.2) is 18.2 Å². The molecule has 98 valence electrons. The van der Waals surface area contributed by atoms with E-state index in [-0.39, 0.29) is 18.2 Å². The Morgan fingerprint density at radius 1 is 1.26 bits per heavy atom. The van der Waals surface area contributed by atoms with Crippen LogP contribution in [0, 0.1) is 6.92 Å². The first-order valence-electron chi connectivity index (χ1n) is 5.80. The largest absolute Gasteiger partial charge is 0.324 e. The van der Waals surface area contributed by atoms with E-state index in [2.05, 4.69) is 5.32 Å². The summed E-state index contributed by atoms with van der Waals surface area (Å²) in [6.45, 7) is 1.91. The summed E-state index contributed by atoms with van der Waals surface area (Å²) in [5, 5.41) is 4.57. The summed E-state index contributed by atoms with van der Waals surface area (Å²) in [7, 11) is 0. The molecule has 0 aliphatic rings. The number of ketones is 1. The molecule has 0 aliphatic carbocycles. The molecule has 19 heavy (non-hydrogen) atoms. The molecule has 0 atom stereocenters. The van der Waals surface area contributed by atoms with Gasteiger partial charge in [0.1, 0.15) is 0 Å². The van der Waals surface area contributed by atoms with E-state index in [1.165, 1.54) is 11.3 Å². The minimum absolute atomic E-state index is 0.0406. The van der Waals surface area contributed by atoms with Crippen LogP contribution in [0.25, 0.3) is 0 Å². The van der Waals surface area contributed by atoms with E-state index >= 15 is 0 Å². The van der Waals surface area contributed by atoms with Crippen LogP contribution in [-0.2, 0) is 0 Å². The fourth-order valence-corrected chi connectivity index (χ4v) is 2.34. The van der Waals surface area contributed by atoms with Crippen molar-refractivity contribution in [3.05, 3.63) is 51.7 Å². The number of rotatable bonds is 4. The summed E-state index contributed by atoms with van der Waals surface area (Å²) in [6, 6.07) is 8.60. The van der Waals surface area contributed by atoms with E-state index in [0.717, 1.165) is 4.88 Å². The van der Waals surface area contributed by atoms with Gasteiger partial charge in [0.25, 0.3) is 5.91 Å². The monoisotopic (exact) mass is 274 g/mol. The van der Waals surface area contributed by atoms with E-state index in [1.807, 2.05) is 13.0 Å². The maximum atomic E-state index is 12.0. The average molecular weight is 274 g/mol. The number of nitrogens with two attached hydrogens (primary N) is 1. The SMILES string of the molecule is Cc1cc(C(=O)Nc2cccc(C(=O)CN)c2)cs1. The molecule has 5 heteroatoms. The quantitative estimate of drug-likeness (QED) is 0.841. The number of benzene rings is 1. The fourth-order valence-electron chi connectivity index (χ4n) is 1.65. The molecule has 1 aromatic heterocycles. The van der Waals surface area contributed by atoms with E-state index < -0.39 is 0 Å². The Balaban J connectivity index is 2.15. The molecule has 2 aromatic rings. The lowest BCUT2D eigenvalue weighted by atomic mass is 10.1. The van der Waals surface area contributed by atoms with Crippen LogP contribution < -0.4 is 11.1 Å². The van der Waals surface area contributed by atoms with Crippen molar-refractivity contribution in [2.45, 2.75) is 6.92 Å². The third kappa shape index (κ3) is 3.27. The molecule has 0 bridgehead atoms. The van der Waals surface area contributed by atoms with E-state index in [9.17, 15) is 9.59 Å². The third-order valence-corrected chi connectivity index (χ3v) is 3.48. The highest BCUT2D eigenvalue weighted by molar-refractivity contribution is 7.10. The summed E-state index contributed by atoms with van der Waals surface area (Å²) < 4.78 is 0. The lowest BCUT2D eigenvalue weighted by Crippen LogP contribution is -2.15. The van der Waals surface area contributed by atoms with Gasteiger partial charge in [0.15, 0.2) is 5.78 Å². The van der Waals surface area contributed by atoms with Crippen molar-refractivity contribution in [1.29, 1.82) is 0 Å². The molecule has 0 radical (unpaired) electrons. The van der Waals surface area contributed by atoms with Gasteiger partial charge in [-0.15, -0.1) is 11.3 Å². The van der Waals surface area contributed by atoms with Gasteiger partial charge in [-0.3, -0.25) is 9.59 Å². The van der Waals surface area contributed by atoms with Gasteiger partial charge in [0.05, 0.1) is 12.1 Å². The van der Waals surface area contributed by atoms with Gasteiger partial charge < -0.3 is 11.1 Å². The average Bonchev–Trinajstić information content (AvgIpc) is 2.85. The van der Waals surface area contributed by atoms with Crippen LogP contribution in [0.4, 0.5) is 5.69 Å². The lowest BCUT2D eigenvalue weighted by molar-refractivity contribution is 0.0997. The van der Waals surface area contributed by atoms with Crippen LogP contribution in [0.3, 0.4) is 0 Å². The predicted molar refractivity (Wildman–Crippen MR) is 76.8 cm³/mol. The second-order valence-electron chi connectivity index (χ2n) is 4.11. The summed E-state index contributed by atoms with van der Waals surface area (Å²) >= 11 is 1.52. The lowest BCUT2D eigenvalue weighted by Gasteiger charge is -2.05. The number of carbonyl (C=O) groups excluding carboxylic acids is 2. The smallest absolute Gasteiger partial charge is 0.256 e. The van der Waals surface area contributed by atoms with Gasteiger partial charge in [-0.05, 0) is 25.1 Å². The van der Waals surface area contributed by atoms with E-state index in [0.29, 0.717) is 16.8 Å². The Bertz CT molecular complexity index is 619. The van der Waals surface area contributed by atoms with Crippen molar-refractivity contribution < 1.29 is 9.59 Å². The maximum Gasteiger partial charge on any atom is 0.256 e. The molecule has 1 aromatic carbocycles. The van der Waals surface area contributed by atoms with Gasteiger partial charge >= 0.3 is 0 Å². The zero-order chi connectivity index (χ0) is 13.8. The van der Waals surface area contributed by atoms with Crippen LogP contribution in [0.1, 0.15) is 25.6 Å². The number of anilines is 1. The highest BCUT2D eigenvalue weighted by Gasteiger charge is 2.09. The first-order valence-corrected chi connectivity index (χ1v) is 6.68. The molecule has 1 heterocycles. The molecule has 0 spiro atoms. The summed E-state index contributed by atoms with van der Waals surface area (Å²) in [4.78, 5) is 24.5. The van der Waals surface area contributed by atoms with Gasteiger partial charge in [-0.2, -0.15) is 0 Å². The highest BCUT2D eigenvalue weighted by Crippen LogP contribution is 2.16. The molecule has 0 saturated heterocycles. The summed E-state index contributed by atoms with van der Waals surface area (Å²) in [6.07, 6.45) is 0. The van der Waals surface area contributed by atoms with Gasteiger partial charge in [-0.1, -0.05) is 12.1 Å². The minimum Gasteiger partial charge on any atom is -0.324 e. The van der Waals surface area contributed by atoms with Gasteiger partial charge in [-0.25, -0.2) is 0 Å². The van der Waals surface area contributed by atoms with Crippen LogP contribution >= 0.6 is 11.3 Å². The number of hydrogen-bond donors (Lipinski definition) is 2. The number of Topliss-reactive ketones (excluding diaryl/α,β-unsaturated/α-hetero) is 1.